The van der Waals surface area contributed by atoms with Crippen LogP contribution in [0, 0.1) is 0 Å². The Hall–Kier alpha value is -7.02. The first kappa shape index (κ1) is 37.9. The molecule has 4 aromatic carbocycles. The number of pyridine rings is 1. The molecule has 17 nitrogen and oxygen atoms in total. The highest BCUT2D eigenvalue weighted by Crippen LogP contribution is 2.57. The van der Waals surface area contributed by atoms with Crippen LogP contribution in [0.25, 0.3) is 10.9 Å². The summed E-state index contributed by atoms with van der Waals surface area (Å²) in [6.07, 6.45) is -1.92. The molecule has 58 heavy (non-hydrogen) atoms. The van der Waals surface area contributed by atoms with Crippen molar-refractivity contribution in [1.82, 2.24) is 15.4 Å². The van der Waals surface area contributed by atoms with Crippen molar-refractivity contribution in [3.05, 3.63) is 113 Å². The average Bonchev–Trinajstić information content (AvgIpc) is 3.67. The van der Waals surface area contributed by atoms with Gasteiger partial charge in [0.1, 0.15) is 35.4 Å². The Morgan fingerprint density at radius 1 is 0.897 bits per heavy atom. The quantitative estimate of drug-likeness (QED) is 0.0556. The molecule has 18 heteroatoms. The number of benzene rings is 4. The highest BCUT2D eigenvalue weighted by molar-refractivity contribution is 7.80. The lowest BCUT2D eigenvalue weighted by Gasteiger charge is -2.36. The van der Waals surface area contributed by atoms with Gasteiger partial charge in [-0.2, -0.15) is 0 Å². The van der Waals surface area contributed by atoms with Gasteiger partial charge in [-0.25, -0.2) is 19.4 Å². The highest BCUT2D eigenvalue weighted by atomic mass is 32.1. The number of phenols is 2. The van der Waals surface area contributed by atoms with Crippen molar-refractivity contribution in [3.63, 3.8) is 0 Å². The molecule has 5 aromatic rings. The Bertz CT molecular complexity index is 2460. The van der Waals surface area contributed by atoms with E-state index in [0.29, 0.717) is 50.5 Å². The zero-order valence-electron chi connectivity index (χ0n) is 30.1. The number of carbonyl (C=O) groups is 4. The highest BCUT2D eigenvalue weighted by Gasteiger charge is 2.53. The Labute approximate surface area is 333 Å². The van der Waals surface area contributed by atoms with Crippen LogP contribution in [0.2, 0.25) is 0 Å². The minimum Gasteiger partial charge on any atom is -0.508 e. The topological polar surface area (TPSA) is 225 Å². The fourth-order valence-corrected chi connectivity index (χ4v) is 7.00. The first-order chi connectivity index (χ1) is 28.0. The number of aliphatic hydroxyl groups is 1. The summed E-state index contributed by atoms with van der Waals surface area (Å²) in [5.74, 6) is -1.34. The lowest BCUT2D eigenvalue weighted by atomic mass is 9.77. The second-order valence-corrected chi connectivity index (χ2v) is 13.6. The van der Waals surface area contributed by atoms with E-state index in [-0.39, 0.29) is 72.2 Å². The number of ether oxygens (including phenoxy) is 5. The number of nitrogens with zero attached hydrogens (tertiary/aromatic N) is 2. The van der Waals surface area contributed by atoms with Crippen LogP contribution in [-0.4, -0.2) is 87.1 Å². The summed E-state index contributed by atoms with van der Waals surface area (Å²) in [5.41, 5.74) is 1.32. The van der Waals surface area contributed by atoms with Gasteiger partial charge in [0, 0.05) is 59.3 Å². The van der Waals surface area contributed by atoms with Crippen molar-refractivity contribution in [2.45, 2.75) is 24.7 Å². The molecular formula is C40H32N4O13S. The molecule has 1 amide bonds. The van der Waals surface area contributed by atoms with Gasteiger partial charge in [-0.1, -0.05) is 12.1 Å². The minimum atomic E-state index is -1.38. The number of hydroxylamine groups is 2. The maximum Gasteiger partial charge on any atom is 0.513 e. The summed E-state index contributed by atoms with van der Waals surface area (Å²) in [5, 5.41) is 37.6. The summed E-state index contributed by atoms with van der Waals surface area (Å²) in [4.78, 5) is 59.1. The number of esters is 1. The predicted octanol–water partition coefficient (Wildman–Crippen LogP) is 4.75. The average molecular weight is 809 g/mol. The van der Waals surface area contributed by atoms with Gasteiger partial charge in [-0.05, 0) is 72.9 Å². The lowest BCUT2D eigenvalue weighted by molar-refractivity contribution is -0.191. The number of phenolic OH excluding ortho intramolecular Hbond substituents is 2. The van der Waals surface area contributed by atoms with Crippen molar-refractivity contribution >= 4 is 57.9 Å². The van der Waals surface area contributed by atoms with Crippen LogP contribution < -0.4 is 20.1 Å². The van der Waals surface area contributed by atoms with E-state index in [0.717, 1.165) is 0 Å². The molecule has 296 valence electrons. The van der Waals surface area contributed by atoms with Gasteiger partial charge < -0.3 is 54.5 Å². The third-order valence-corrected chi connectivity index (χ3v) is 9.64. The van der Waals surface area contributed by atoms with E-state index >= 15 is 0 Å². The number of aliphatic hydroxyl groups excluding tert-OH is 1. The van der Waals surface area contributed by atoms with Gasteiger partial charge >= 0.3 is 18.1 Å². The van der Waals surface area contributed by atoms with Crippen molar-refractivity contribution in [2.24, 2.45) is 0 Å². The van der Waals surface area contributed by atoms with E-state index in [4.69, 9.17) is 40.7 Å². The van der Waals surface area contributed by atoms with Crippen molar-refractivity contribution in [1.29, 1.82) is 0 Å². The van der Waals surface area contributed by atoms with Gasteiger partial charge in [-0.15, -0.1) is 5.06 Å². The fourth-order valence-electron chi connectivity index (χ4n) is 6.78. The van der Waals surface area contributed by atoms with Crippen molar-refractivity contribution in [3.8, 4) is 28.7 Å². The summed E-state index contributed by atoms with van der Waals surface area (Å²) in [7, 11) is 0. The van der Waals surface area contributed by atoms with Crippen LogP contribution in [0.3, 0.4) is 0 Å². The first-order valence-corrected chi connectivity index (χ1v) is 18.2. The molecule has 8 rings (SSSR count). The number of thiocarbonyl (C=S) groups is 1. The summed E-state index contributed by atoms with van der Waals surface area (Å²) >= 11 is 5.43. The van der Waals surface area contributed by atoms with Gasteiger partial charge in [0.05, 0.1) is 24.3 Å². The zero-order chi connectivity index (χ0) is 40.6. The molecule has 0 bridgehead atoms. The number of amides is 1. The second-order valence-electron chi connectivity index (χ2n) is 13.2. The number of nitrogens with one attached hydrogen (secondary N) is 2. The molecule has 1 fully saturated rings. The SMILES string of the molecule is O=C(OCCOCCNC(=S)Nc1ccc2c(c1)C(=O)OC21c2ccc(O)cc2Oc2cc(O)ccc21)Oc1ccc2nc(C(=O)ON3C(=O)CCC3O)ccc2c1. The Morgan fingerprint density at radius 3 is 2.36 bits per heavy atom. The van der Waals surface area contributed by atoms with Gasteiger partial charge in [0.15, 0.2) is 22.6 Å². The normalized spacial score (nSPS) is 15.8. The number of aromatic hydroxyl groups is 2. The third kappa shape index (κ3) is 7.34. The van der Waals surface area contributed by atoms with Gasteiger partial charge in [0.25, 0.3) is 5.91 Å². The lowest BCUT2D eigenvalue weighted by Crippen LogP contribution is -2.35. The second kappa shape index (κ2) is 15.5. The van der Waals surface area contributed by atoms with E-state index in [1.807, 2.05) is 0 Å². The molecule has 0 radical (unpaired) electrons. The van der Waals surface area contributed by atoms with Gasteiger partial charge in [0.2, 0.25) is 0 Å². The standard InChI is InChI=1S/C40H32N4O13S/c45-23-3-7-28-32(19-23)55-33-20-24(46)4-8-29(33)40(28)27-6-2-22(18-26(27)36(49)56-40)42-38(58)41-13-14-52-15-16-53-39(51)54-25-5-10-30-21(17-25)1-9-31(43-30)37(50)57-44-34(47)11-12-35(44)48/h1-10,17-20,34,45-47H,11-16H2,(H2,41,42,58). The van der Waals surface area contributed by atoms with E-state index in [2.05, 4.69) is 15.6 Å². The van der Waals surface area contributed by atoms with Crippen LogP contribution in [-0.2, 0) is 29.4 Å². The molecule has 5 N–H and O–H groups in total. The Balaban J connectivity index is 0.783. The van der Waals surface area contributed by atoms with E-state index < -0.39 is 35.8 Å². The summed E-state index contributed by atoms with van der Waals surface area (Å²) in [6, 6.07) is 21.7. The number of aromatic nitrogens is 1. The van der Waals surface area contributed by atoms with Crippen LogP contribution in [0.1, 0.15) is 50.4 Å². The number of carbonyl (C=O) groups excluding carboxylic acids is 4. The van der Waals surface area contributed by atoms with E-state index in [1.54, 1.807) is 36.4 Å². The fraction of sp³-hybridized carbons (Fsp3) is 0.200. The number of rotatable bonds is 10. The molecule has 3 aliphatic rings. The Kier molecular flexibility index (Phi) is 10.1. The molecule has 1 saturated heterocycles. The molecule has 1 unspecified atom stereocenters. The molecule has 1 aromatic heterocycles. The molecule has 3 aliphatic heterocycles. The zero-order valence-corrected chi connectivity index (χ0v) is 30.9. The van der Waals surface area contributed by atoms with Crippen LogP contribution >= 0.6 is 12.2 Å². The molecule has 4 heterocycles. The molecule has 0 saturated carbocycles. The number of fused-ring (bicyclic) bond motifs is 7. The van der Waals surface area contributed by atoms with Crippen molar-refractivity contribution in [2.75, 3.05) is 31.7 Å². The summed E-state index contributed by atoms with van der Waals surface area (Å²) in [6.45, 7) is 0.505. The summed E-state index contributed by atoms with van der Waals surface area (Å²) < 4.78 is 27.9. The van der Waals surface area contributed by atoms with Crippen LogP contribution in [0.4, 0.5) is 10.5 Å². The number of hydrogen-bond donors (Lipinski definition) is 5. The minimum absolute atomic E-state index is 0.0395. The molecule has 1 spiro atoms. The van der Waals surface area contributed by atoms with E-state index in [1.165, 1.54) is 48.5 Å². The predicted molar refractivity (Wildman–Crippen MR) is 204 cm³/mol. The Morgan fingerprint density at radius 2 is 1.64 bits per heavy atom. The molecule has 1 atom stereocenters. The van der Waals surface area contributed by atoms with Crippen LogP contribution in [0.5, 0.6) is 28.7 Å². The maximum absolute atomic E-state index is 13.4. The van der Waals surface area contributed by atoms with Crippen molar-refractivity contribution < 1.29 is 63.0 Å². The van der Waals surface area contributed by atoms with Gasteiger partial charge in [-0.3, -0.25) is 4.79 Å². The van der Waals surface area contributed by atoms with E-state index in [9.17, 15) is 34.5 Å². The monoisotopic (exact) mass is 808 g/mol. The molecular weight excluding hydrogens is 777 g/mol. The number of hydrogen-bond acceptors (Lipinski definition) is 15. The smallest absolute Gasteiger partial charge is 0.508 e. The first-order valence-electron chi connectivity index (χ1n) is 17.8. The number of anilines is 1. The van der Waals surface area contributed by atoms with Crippen LogP contribution in [0.15, 0.2) is 84.9 Å². The largest absolute Gasteiger partial charge is 0.513 e. The molecule has 0 aliphatic carbocycles. The third-order valence-electron chi connectivity index (χ3n) is 9.40. The maximum atomic E-state index is 13.4.